The molecule has 5 heteroatoms. The van der Waals surface area contributed by atoms with E-state index in [0.717, 1.165) is 5.69 Å². The molecule has 122 valence electrons. The number of carbonyl (C=O) groups excluding carboxylic acids is 1. The molecule has 1 saturated heterocycles. The van der Waals surface area contributed by atoms with Crippen LogP contribution in [0.15, 0.2) is 29.8 Å². The van der Waals surface area contributed by atoms with Crippen molar-refractivity contribution < 1.29 is 9.90 Å². The third-order valence-corrected chi connectivity index (χ3v) is 5.47. The molecule has 2 N–H and O–H groups in total. The third-order valence-electron chi connectivity index (χ3n) is 4.49. The zero-order valence-electron chi connectivity index (χ0n) is 13.5. The van der Waals surface area contributed by atoms with Crippen LogP contribution in [0.1, 0.15) is 36.9 Å². The minimum atomic E-state index is -0.388. The lowest BCUT2D eigenvalue weighted by Gasteiger charge is -2.15. The van der Waals surface area contributed by atoms with Gasteiger partial charge in [0.05, 0.1) is 28.2 Å². The first-order valence-corrected chi connectivity index (χ1v) is 8.87. The van der Waals surface area contributed by atoms with Gasteiger partial charge in [0.15, 0.2) is 0 Å². The maximum atomic E-state index is 12.3. The average molecular weight is 330 g/mol. The summed E-state index contributed by atoms with van der Waals surface area (Å²) >= 11 is 1.65. The number of nitrogens with one attached hydrogen (secondary N) is 1. The summed E-state index contributed by atoms with van der Waals surface area (Å²) < 4.78 is 0. The highest BCUT2D eigenvalue weighted by Gasteiger charge is 2.28. The maximum absolute atomic E-state index is 12.3. The molecule has 3 rings (SSSR count). The second-order valence-electron chi connectivity index (χ2n) is 6.31. The van der Waals surface area contributed by atoms with Crippen LogP contribution in [-0.4, -0.2) is 34.6 Å². The summed E-state index contributed by atoms with van der Waals surface area (Å²) in [5.74, 6) is 0.370. The van der Waals surface area contributed by atoms with Crippen LogP contribution < -0.4 is 5.32 Å². The first kappa shape index (κ1) is 16.3. The fourth-order valence-corrected chi connectivity index (χ4v) is 3.88. The van der Waals surface area contributed by atoms with Crippen LogP contribution in [0.3, 0.4) is 0 Å². The Hall–Kier alpha value is -1.56. The van der Waals surface area contributed by atoms with Gasteiger partial charge >= 0.3 is 0 Å². The number of Topliss-reactive ketones (excluding diaryl/α,β-unsaturated/α-hetero) is 1. The number of nitrogens with zero attached hydrogens (tertiary/aromatic N) is 1. The van der Waals surface area contributed by atoms with Gasteiger partial charge in [-0.3, -0.25) is 4.79 Å². The fraction of sp³-hybridized carbons (Fsp3) is 0.444. The van der Waals surface area contributed by atoms with E-state index in [1.165, 1.54) is 16.0 Å². The Morgan fingerprint density at radius 3 is 2.74 bits per heavy atom. The highest BCUT2D eigenvalue weighted by molar-refractivity contribution is 7.13. The first-order chi connectivity index (χ1) is 11.0. The molecule has 0 amide bonds. The van der Waals surface area contributed by atoms with E-state index in [1.54, 1.807) is 11.3 Å². The Labute approximate surface area is 140 Å². The van der Waals surface area contributed by atoms with Crippen molar-refractivity contribution in [1.29, 1.82) is 0 Å². The van der Waals surface area contributed by atoms with Crippen LogP contribution in [0.2, 0.25) is 0 Å². The number of ketones is 1. The van der Waals surface area contributed by atoms with Crippen LogP contribution in [0.4, 0.5) is 0 Å². The summed E-state index contributed by atoms with van der Waals surface area (Å²) in [6, 6.07) is 8.22. The van der Waals surface area contributed by atoms with Crippen molar-refractivity contribution in [3.63, 3.8) is 0 Å². The standard InChI is InChI=1S/C18H22N2O2S/c1-11(7-17(22)16-8-15(21)9-19-16)13-3-5-14(6-4-13)18-12(2)20-10-23-18/h3-6,10-11,15-16,19,21H,7-9H2,1-2H3/t11-,15-,16+/m1/s1. The quantitative estimate of drug-likeness (QED) is 0.885. The van der Waals surface area contributed by atoms with Crippen LogP contribution in [-0.2, 0) is 4.79 Å². The number of benzene rings is 1. The lowest BCUT2D eigenvalue weighted by Crippen LogP contribution is -2.31. The Morgan fingerprint density at radius 1 is 1.43 bits per heavy atom. The molecule has 1 aromatic carbocycles. The van der Waals surface area contributed by atoms with Gasteiger partial charge in [0, 0.05) is 13.0 Å². The van der Waals surface area contributed by atoms with Crippen LogP contribution in [0.25, 0.3) is 10.4 Å². The van der Waals surface area contributed by atoms with E-state index < -0.39 is 0 Å². The van der Waals surface area contributed by atoms with Crippen molar-refractivity contribution in [2.45, 2.75) is 44.8 Å². The number of aliphatic hydroxyl groups excluding tert-OH is 1. The normalized spacial score (nSPS) is 22.2. The van der Waals surface area contributed by atoms with Gasteiger partial charge in [0.2, 0.25) is 0 Å². The molecule has 0 unspecified atom stereocenters. The summed E-state index contributed by atoms with van der Waals surface area (Å²) in [5.41, 5.74) is 5.26. The highest BCUT2D eigenvalue weighted by atomic mass is 32.1. The molecule has 4 nitrogen and oxygen atoms in total. The van der Waals surface area contributed by atoms with E-state index in [9.17, 15) is 9.90 Å². The Morgan fingerprint density at radius 2 is 2.17 bits per heavy atom. The topological polar surface area (TPSA) is 62.2 Å². The number of rotatable bonds is 5. The number of thiazole rings is 1. The van der Waals surface area contributed by atoms with Crippen LogP contribution >= 0.6 is 11.3 Å². The van der Waals surface area contributed by atoms with Crippen molar-refractivity contribution in [2.75, 3.05) is 6.54 Å². The summed E-state index contributed by atoms with van der Waals surface area (Å²) in [4.78, 5) is 17.8. The molecule has 0 spiro atoms. The van der Waals surface area contributed by atoms with E-state index in [0.29, 0.717) is 19.4 Å². The minimum absolute atomic E-state index is 0.179. The second kappa shape index (κ2) is 6.91. The van der Waals surface area contributed by atoms with E-state index in [1.807, 2.05) is 12.4 Å². The lowest BCUT2D eigenvalue weighted by atomic mass is 9.92. The zero-order valence-corrected chi connectivity index (χ0v) is 14.3. The number of aromatic nitrogens is 1. The van der Waals surface area contributed by atoms with E-state index in [-0.39, 0.29) is 23.8 Å². The largest absolute Gasteiger partial charge is 0.392 e. The number of hydrogen-bond acceptors (Lipinski definition) is 5. The predicted molar refractivity (Wildman–Crippen MR) is 92.7 cm³/mol. The lowest BCUT2D eigenvalue weighted by molar-refractivity contribution is -0.121. The molecular weight excluding hydrogens is 308 g/mol. The predicted octanol–water partition coefficient (Wildman–Crippen LogP) is 2.90. The van der Waals surface area contributed by atoms with E-state index in [2.05, 4.69) is 41.5 Å². The molecule has 1 aromatic heterocycles. The van der Waals surface area contributed by atoms with Gasteiger partial charge in [-0.25, -0.2) is 4.98 Å². The Balaban J connectivity index is 1.65. The summed E-state index contributed by atoms with van der Waals surface area (Å²) in [6.07, 6.45) is 0.652. The molecule has 0 bridgehead atoms. The van der Waals surface area contributed by atoms with Crippen molar-refractivity contribution in [3.8, 4) is 10.4 Å². The second-order valence-corrected chi connectivity index (χ2v) is 7.17. The molecule has 2 aromatic rings. The van der Waals surface area contributed by atoms with Crippen LogP contribution in [0.5, 0.6) is 0 Å². The van der Waals surface area contributed by atoms with E-state index >= 15 is 0 Å². The smallest absolute Gasteiger partial charge is 0.150 e. The van der Waals surface area contributed by atoms with Gasteiger partial charge in [-0.15, -0.1) is 11.3 Å². The number of aliphatic hydroxyl groups is 1. The monoisotopic (exact) mass is 330 g/mol. The molecule has 2 heterocycles. The highest BCUT2D eigenvalue weighted by Crippen LogP contribution is 2.29. The van der Waals surface area contributed by atoms with Gasteiger partial charge in [0.25, 0.3) is 0 Å². The van der Waals surface area contributed by atoms with Gasteiger partial charge in [0.1, 0.15) is 5.78 Å². The molecule has 1 aliphatic heterocycles. The third kappa shape index (κ3) is 3.68. The SMILES string of the molecule is Cc1ncsc1-c1ccc([C@H](C)CC(=O)[C@@H]2C[C@@H](O)CN2)cc1. The van der Waals surface area contributed by atoms with Gasteiger partial charge in [-0.05, 0) is 30.4 Å². The van der Waals surface area contributed by atoms with Gasteiger partial charge in [-0.2, -0.15) is 0 Å². The number of β-amino-alcohol motifs (C(OH)–C–C–N with tert-alkyl or cyclic N) is 1. The molecule has 23 heavy (non-hydrogen) atoms. The molecule has 0 saturated carbocycles. The van der Waals surface area contributed by atoms with Crippen molar-refractivity contribution in [2.24, 2.45) is 0 Å². The van der Waals surface area contributed by atoms with Gasteiger partial charge < -0.3 is 10.4 Å². The molecular formula is C18H22N2O2S. The maximum Gasteiger partial charge on any atom is 0.150 e. The zero-order chi connectivity index (χ0) is 16.4. The van der Waals surface area contributed by atoms with E-state index in [4.69, 9.17) is 0 Å². The molecule has 1 aliphatic rings. The van der Waals surface area contributed by atoms with Crippen molar-refractivity contribution >= 4 is 17.1 Å². The minimum Gasteiger partial charge on any atom is -0.392 e. The number of carbonyl (C=O) groups is 1. The van der Waals surface area contributed by atoms with Crippen LogP contribution in [0, 0.1) is 6.92 Å². The summed E-state index contributed by atoms with van der Waals surface area (Å²) in [7, 11) is 0. The fourth-order valence-electron chi connectivity index (χ4n) is 3.07. The number of hydrogen-bond donors (Lipinski definition) is 2. The number of aryl methyl sites for hydroxylation is 1. The Bertz CT molecular complexity index is 681. The van der Waals surface area contributed by atoms with Crippen molar-refractivity contribution in [1.82, 2.24) is 10.3 Å². The van der Waals surface area contributed by atoms with Crippen molar-refractivity contribution in [3.05, 3.63) is 41.0 Å². The van der Waals surface area contributed by atoms with Gasteiger partial charge in [-0.1, -0.05) is 31.2 Å². The summed E-state index contributed by atoms with van der Waals surface area (Å²) in [5, 5.41) is 12.6. The molecule has 0 aliphatic carbocycles. The molecule has 3 atom stereocenters. The Kier molecular flexibility index (Phi) is 4.90. The average Bonchev–Trinajstić information content (AvgIpc) is 3.16. The first-order valence-electron chi connectivity index (χ1n) is 7.99. The molecule has 0 radical (unpaired) electrons. The summed E-state index contributed by atoms with van der Waals surface area (Å²) in [6.45, 7) is 4.62. The molecule has 1 fully saturated rings.